The minimum Gasteiger partial charge on any atom is -0.353 e. The molecule has 0 bridgehead atoms. The van der Waals surface area contributed by atoms with E-state index in [1.165, 1.54) is 5.69 Å². The summed E-state index contributed by atoms with van der Waals surface area (Å²) in [6.45, 7) is 2.15. The summed E-state index contributed by atoms with van der Waals surface area (Å²) in [6.07, 6.45) is 2.06. The molecule has 2 heteroatoms. The van der Waals surface area contributed by atoms with E-state index in [2.05, 4.69) is 42.2 Å². The number of nitrogens with one attached hydrogen (secondary N) is 1. The molecule has 56 valence electrons. The van der Waals surface area contributed by atoms with Gasteiger partial charge in [-0.2, -0.15) is 0 Å². The molecule has 1 atom stereocenters. The van der Waals surface area contributed by atoms with Crippen LogP contribution in [0.25, 0.3) is 0 Å². The van der Waals surface area contributed by atoms with Crippen LogP contribution in [0, 0.1) is 0 Å². The van der Waals surface area contributed by atoms with Crippen LogP contribution in [0.3, 0.4) is 0 Å². The third-order valence-corrected chi connectivity index (χ3v) is 1.86. The van der Waals surface area contributed by atoms with Crippen molar-refractivity contribution in [2.45, 2.75) is 13.0 Å². The summed E-state index contributed by atoms with van der Waals surface area (Å²) < 4.78 is 2.13. The van der Waals surface area contributed by atoms with E-state index < -0.39 is 0 Å². The van der Waals surface area contributed by atoms with E-state index in [1.807, 2.05) is 7.05 Å². The predicted molar refractivity (Wildman–Crippen MR) is 42.9 cm³/mol. The SMILES string of the molecule is CNC(C)c1cccn1C. The van der Waals surface area contributed by atoms with Crippen molar-refractivity contribution in [3.8, 4) is 0 Å². The first-order chi connectivity index (χ1) is 4.75. The van der Waals surface area contributed by atoms with Gasteiger partial charge in [0, 0.05) is 25.0 Å². The fourth-order valence-electron chi connectivity index (χ4n) is 1.07. The van der Waals surface area contributed by atoms with E-state index in [1.54, 1.807) is 0 Å². The second kappa shape index (κ2) is 2.88. The summed E-state index contributed by atoms with van der Waals surface area (Å²) in [4.78, 5) is 0. The minimum absolute atomic E-state index is 0.444. The fraction of sp³-hybridized carbons (Fsp3) is 0.500. The Kier molecular flexibility index (Phi) is 2.12. The van der Waals surface area contributed by atoms with Crippen molar-refractivity contribution in [3.63, 3.8) is 0 Å². The number of rotatable bonds is 2. The van der Waals surface area contributed by atoms with Crippen LogP contribution < -0.4 is 5.32 Å². The molecular weight excluding hydrogens is 124 g/mol. The Hall–Kier alpha value is -0.760. The number of hydrogen-bond acceptors (Lipinski definition) is 1. The van der Waals surface area contributed by atoms with Gasteiger partial charge in [0.1, 0.15) is 0 Å². The average molecular weight is 138 g/mol. The molecule has 0 aliphatic rings. The van der Waals surface area contributed by atoms with Gasteiger partial charge in [0.15, 0.2) is 0 Å². The molecule has 0 saturated heterocycles. The van der Waals surface area contributed by atoms with E-state index in [9.17, 15) is 0 Å². The number of aryl methyl sites for hydroxylation is 1. The molecule has 0 amide bonds. The van der Waals surface area contributed by atoms with Crippen LogP contribution in [0.5, 0.6) is 0 Å². The fourth-order valence-corrected chi connectivity index (χ4v) is 1.07. The van der Waals surface area contributed by atoms with Gasteiger partial charge in [-0.05, 0) is 26.1 Å². The second-order valence-corrected chi connectivity index (χ2v) is 2.55. The van der Waals surface area contributed by atoms with Crippen molar-refractivity contribution in [1.29, 1.82) is 0 Å². The van der Waals surface area contributed by atoms with E-state index in [0.29, 0.717) is 6.04 Å². The number of aromatic nitrogens is 1. The molecule has 0 aromatic carbocycles. The second-order valence-electron chi connectivity index (χ2n) is 2.55. The van der Waals surface area contributed by atoms with Gasteiger partial charge in [-0.15, -0.1) is 0 Å². The Bertz CT molecular complexity index is 203. The lowest BCUT2D eigenvalue weighted by molar-refractivity contribution is 0.605. The predicted octanol–water partition coefficient (Wildman–Crippen LogP) is 1.31. The molecule has 10 heavy (non-hydrogen) atoms. The summed E-state index contributed by atoms with van der Waals surface area (Å²) in [7, 11) is 4.03. The highest BCUT2D eigenvalue weighted by molar-refractivity contribution is 5.10. The Morgan fingerprint density at radius 3 is 2.70 bits per heavy atom. The normalized spacial score (nSPS) is 13.5. The first-order valence-corrected chi connectivity index (χ1v) is 3.54. The summed E-state index contributed by atoms with van der Waals surface area (Å²) in [5.41, 5.74) is 1.32. The zero-order valence-electron chi connectivity index (χ0n) is 6.76. The third-order valence-electron chi connectivity index (χ3n) is 1.86. The lowest BCUT2D eigenvalue weighted by Gasteiger charge is -2.10. The quantitative estimate of drug-likeness (QED) is 0.652. The van der Waals surface area contributed by atoms with Crippen LogP contribution in [0.2, 0.25) is 0 Å². The van der Waals surface area contributed by atoms with Crippen LogP contribution >= 0.6 is 0 Å². The smallest absolute Gasteiger partial charge is 0.0443 e. The summed E-state index contributed by atoms with van der Waals surface area (Å²) in [5, 5.41) is 3.19. The molecule has 1 unspecified atom stereocenters. The molecule has 0 radical (unpaired) electrons. The highest BCUT2D eigenvalue weighted by atomic mass is 15.0. The monoisotopic (exact) mass is 138 g/mol. The largest absolute Gasteiger partial charge is 0.353 e. The van der Waals surface area contributed by atoms with E-state index in [0.717, 1.165) is 0 Å². The van der Waals surface area contributed by atoms with Crippen LogP contribution in [0.1, 0.15) is 18.7 Å². The summed E-state index contributed by atoms with van der Waals surface area (Å²) in [5.74, 6) is 0. The van der Waals surface area contributed by atoms with Crippen LogP contribution in [0.4, 0.5) is 0 Å². The molecule has 0 spiro atoms. The van der Waals surface area contributed by atoms with Crippen LogP contribution in [-0.4, -0.2) is 11.6 Å². The van der Waals surface area contributed by atoms with Gasteiger partial charge >= 0.3 is 0 Å². The van der Waals surface area contributed by atoms with Gasteiger partial charge in [0.25, 0.3) is 0 Å². The van der Waals surface area contributed by atoms with Gasteiger partial charge < -0.3 is 9.88 Å². The molecule has 0 aliphatic heterocycles. The highest BCUT2D eigenvalue weighted by Gasteiger charge is 2.03. The molecule has 1 N–H and O–H groups in total. The lowest BCUT2D eigenvalue weighted by Crippen LogP contribution is -2.14. The minimum atomic E-state index is 0.444. The maximum atomic E-state index is 3.19. The topological polar surface area (TPSA) is 17.0 Å². The van der Waals surface area contributed by atoms with Crippen molar-refractivity contribution >= 4 is 0 Å². The highest BCUT2D eigenvalue weighted by Crippen LogP contribution is 2.09. The molecule has 1 aromatic rings. The van der Waals surface area contributed by atoms with Gasteiger partial charge in [-0.3, -0.25) is 0 Å². The Morgan fingerprint density at radius 2 is 2.30 bits per heavy atom. The van der Waals surface area contributed by atoms with Crippen molar-refractivity contribution in [2.75, 3.05) is 7.05 Å². The molecule has 0 fully saturated rings. The number of nitrogens with zero attached hydrogens (tertiary/aromatic N) is 1. The third kappa shape index (κ3) is 1.21. The Balaban J connectivity index is 2.82. The summed E-state index contributed by atoms with van der Waals surface area (Å²) >= 11 is 0. The van der Waals surface area contributed by atoms with E-state index in [-0.39, 0.29) is 0 Å². The van der Waals surface area contributed by atoms with Crippen molar-refractivity contribution < 1.29 is 0 Å². The average Bonchev–Trinajstić information content (AvgIpc) is 2.34. The Morgan fingerprint density at radius 1 is 1.60 bits per heavy atom. The molecular formula is C8H14N2. The standard InChI is InChI=1S/C8H14N2/c1-7(9-2)8-5-4-6-10(8)3/h4-7,9H,1-3H3. The van der Waals surface area contributed by atoms with Crippen LogP contribution in [-0.2, 0) is 7.05 Å². The molecule has 1 aromatic heterocycles. The summed E-state index contributed by atoms with van der Waals surface area (Å²) in [6, 6.07) is 4.63. The maximum Gasteiger partial charge on any atom is 0.0443 e. The Labute approximate surface area is 61.9 Å². The first-order valence-electron chi connectivity index (χ1n) is 3.54. The zero-order chi connectivity index (χ0) is 7.56. The molecule has 1 rings (SSSR count). The van der Waals surface area contributed by atoms with E-state index in [4.69, 9.17) is 0 Å². The maximum absolute atomic E-state index is 3.19. The van der Waals surface area contributed by atoms with Crippen molar-refractivity contribution in [2.24, 2.45) is 7.05 Å². The van der Waals surface area contributed by atoms with Gasteiger partial charge in [0.2, 0.25) is 0 Å². The van der Waals surface area contributed by atoms with Gasteiger partial charge in [0.05, 0.1) is 0 Å². The first kappa shape index (κ1) is 7.35. The van der Waals surface area contributed by atoms with Gasteiger partial charge in [-0.1, -0.05) is 0 Å². The van der Waals surface area contributed by atoms with Gasteiger partial charge in [-0.25, -0.2) is 0 Å². The zero-order valence-corrected chi connectivity index (χ0v) is 6.76. The van der Waals surface area contributed by atoms with Crippen molar-refractivity contribution in [3.05, 3.63) is 24.0 Å². The molecule has 2 nitrogen and oxygen atoms in total. The molecule has 0 aliphatic carbocycles. The van der Waals surface area contributed by atoms with E-state index >= 15 is 0 Å². The lowest BCUT2D eigenvalue weighted by atomic mass is 10.2. The van der Waals surface area contributed by atoms with Crippen LogP contribution in [0.15, 0.2) is 18.3 Å². The molecule has 0 saturated carbocycles. The molecule has 1 heterocycles. The number of hydrogen-bond donors (Lipinski definition) is 1. The van der Waals surface area contributed by atoms with Crippen molar-refractivity contribution in [1.82, 2.24) is 9.88 Å².